The van der Waals surface area contributed by atoms with Crippen LogP contribution in [0.5, 0.6) is 0 Å². The van der Waals surface area contributed by atoms with E-state index >= 15 is 0 Å². The number of amides is 3. The van der Waals surface area contributed by atoms with Crippen LogP contribution < -0.4 is 16.0 Å². The molecule has 1 aromatic rings. The number of nitriles is 1. The fourth-order valence-electron chi connectivity index (χ4n) is 3.58. The molecule has 7 nitrogen and oxygen atoms in total. The van der Waals surface area contributed by atoms with Crippen molar-refractivity contribution in [2.75, 3.05) is 11.9 Å². The largest absolute Gasteiger partial charge is 0.352 e. The molecule has 0 radical (unpaired) electrons. The van der Waals surface area contributed by atoms with Gasteiger partial charge in [0.05, 0.1) is 23.9 Å². The summed E-state index contributed by atoms with van der Waals surface area (Å²) in [4.78, 5) is 36.5. The molecule has 1 saturated heterocycles. The normalized spacial score (nSPS) is 23.6. The van der Waals surface area contributed by atoms with E-state index in [4.69, 9.17) is 6.42 Å². The van der Waals surface area contributed by atoms with Crippen molar-refractivity contribution in [3.8, 4) is 18.4 Å². The summed E-state index contributed by atoms with van der Waals surface area (Å²) in [5, 5.41) is 17.4. The Labute approximate surface area is 164 Å². The van der Waals surface area contributed by atoms with Gasteiger partial charge in [-0.05, 0) is 37.3 Å². The van der Waals surface area contributed by atoms with Crippen LogP contribution in [0.2, 0.25) is 0 Å². The van der Waals surface area contributed by atoms with Crippen LogP contribution >= 0.6 is 0 Å². The lowest BCUT2D eigenvalue weighted by Crippen LogP contribution is -2.52. The summed E-state index contributed by atoms with van der Waals surface area (Å²) in [6.07, 6.45) is 5.90. The lowest BCUT2D eigenvalue weighted by atomic mass is 9.74. The van der Waals surface area contributed by atoms with Gasteiger partial charge < -0.3 is 16.0 Å². The van der Waals surface area contributed by atoms with Gasteiger partial charge >= 0.3 is 0 Å². The van der Waals surface area contributed by atoms with Crippen molar-refractivity contribution in [1.29, 1.82) is 5.26 Å². The molecular formula is C21H24N4O3. The molecule has 0 spiro atoms. The highest BCUT2D eigenvalue weighted by Crippen LogP contribution is 2.32. The Morgan fingerprint density at radius 2 is 2.00 bits per heavy atom. The van der Waals surface area contributed by atoms with Crippen LogP contribution in [0.1, 0.15) is 37.0 Å². The predicted molar refractivity (Wildman–Crippen MR) is 105 cm³/mol. The zero-order chi connectivity index (χ0) is 20.7. The summed E-state index contributed by atoms with van der Waals surface area (Å²) in [5.74, 6) is 0.662. The topological polar surface area (TPSA) is 111 Å². The zero-order valence-electron chi connectivity index (χ0n) is 16.0. The van der Waals surface area contributed by atoms with Gasteiger partial charge in [-0.15, -0.1) is 6.42 Å². The number of anilines is 1. The van der Waals surface area contributed by atoms with Gasteiger partial charge in [-0.3, -0.25) is 14.4 Å². The van der Waals surface area contributed by atoms with Crippen molar-refractivity contribution in [3.63, 3.8) is 0 Å². The van der Waals surface area contributed by atoms with E-state index in [0.29, 0.717) is 17.7 Å². The van der Waals surface area contributed by atoms with Gasteiger partial charge in [-0.25, -0.2) is 0 Å². The van der Waals surface area contributed by atoms with Gasteiger partial charge in [0, 0.05) is 12.5 Å². The molecule has 1 heterocycles. The predicted octanol–water partition coefficient (Wildman–Crippen LogP) is 1.68. The van der Waals surface area contributed by atoms with Crippen LogP contribution in [-0.4, -0.2) is 30.3 Å². The highest BCUT2D eigenvalue weighted by Gasteiger charge is 2.39. The Morgan fingerprint density at radius 1 is 1.29 bits per heavy atom. The molecule has 1 aliphatic heterocycles. The summed E-state index contributed by atoms with van der Waals surface area (Å²) >= 11 is 0. The fraction of sp³-hybridized carbons (Fsp3) is 0.429. The maximum Gasteiger partial charge on any atom is 0.254 e. The van der Waals surface area contributed by atoms with Crippen molar-refractivity contribution in [3.05, 3.63) is 29.8 Å². The summed E-state index contributed by atoms with van der Waals surface area (Å²) in [6, 6.07) is 8.63. The molecule has 7 heteroatoms. The van der Waals surface area contributed by atoms with Crippen molar-refractivity contribution >= 4 is 23.4 Å². The summed E-state index contributed by atoms with van der Waals surface area (Å²) in [7, 11) is 0. The Kier molecular flexibility index (Phi) is 7.17. The van der Waals surface area contributed by atoms with Gasteiger partial charge in [-0.2, -0.15) is 5.26 Å². The fourth-order valence-corrected chi connectivity index (χ4v) is 3.58. The molecule has 0 aromatic heterocycles. The van der Waals surface area contributed by atoms with Crippen molar-refractivity contribution in [1.82, 2.24) is 10.6 Å². The van der Waals surface area contributed by atoms with E-state index in [-0.39, 0.29) is 48.6 Å². The Hall–Kier alpha value is -3.32. The molecule has 146 valence electrons. The molecule has 0 aliphatic carbocycles. The SMILES string of the molecule is C#CCNC(=O)c1ccccc1NC(=O)CCC1C(C)NC(=O)C(C#N)C1C. The number of carbonyl (C=O) groups excluding carboxylic acids is 3. The van der Waals surface area contributed by atoms with Crippen molar-refractivity contribution < 1.29 is 14.4 Å². The second-order valence-electron chi connectivity index (χ2n) is 6.95. The molecule has 3 N–H and O–H groups in total. The number of carbonyl (C=O) groups is 3. The van der Waals surface area contributed by atoms with E-state index in [1.807, 2.05) is 19.9 Å². The van der Waals surface area contributed by atoms with Crippen LogP contribution in [0.25, 0.3) is 0 Å². The smallest absolute Gasteiger partial charge is 0.254 e. The second kappa shape index (κ2) is 9.57. The average molecular weight is 380 g/mol. The summed E-state index contributed by atoms with van der Waals surface area (Å²) in [6.45, 7) is 3.86. The first-order valence-corrected chi connectivity index (χ1v) is 9.19. The monoisotopic (exact) mass is 380 g/mol. The standard InChI is InChI=1S/C21H24N4O3/c1-4-11-23-20(27)16-7-5-6-8-18(16)25-19(26)10-9-15-13(2)17(12-22)21(28)24-14(15)3/h1,5-8,13-15,17H,9-11H2,2-3H3,(H,23,27)(H,24,28)(H,25,26). The van der Waals surface area contributed by atoms with E-state index in [2.05, 4.69) is 21.9 Å². The molecule has 28 heavy (non-hydrogen) atoms. The number of benzene rings is 1. The summed E-state index contributed by atoms with van der Waals surface area (Å²) in [5.41, 5.74) is 0.747. The molecule has 4 unspecified atom stereocenters. The Bertz CT molecular complexity index is 837. The number of piperidine rings is 1. The highest BCUT2D eigenvalue weighted by atomic mass is 16.2. The molecule has 0 saturated carbocycles. The lowest BCUT2D eigenvalue weighted by molar-refractivity contribution is -0.129. The molecule has 2 rings (SSSR count). The summed E-state index contributed by atoms with van der Waals surface area (Å²) < 4.78 is 0. The molecule has 1 aliphatic rings. The first-order chi connectivity index (χ1) is 13.4. The number of rotatable bonds is 6. The zero-order valence-corrected chi connectivity index (χ0v) is 16.0. The minimum atomic E-state index is -0.704. The van der Waals surface area contributed by atoms with Crippen LogP contribution in [-0.2, 0) is 9.59 Å². The third kappa shape index (κ3) is 4.89. The minimum Gasteiger partial charge on any atom is -0.352 e. The minimum absolute atomic E-state index is 0.0160. The van der Waals surface area contributed by atoms with Crippen LogP contribution in [0.3, 0.4) is 0 Å². The third-order valence-corrected chi connectivity index (χ3v) is 5.14. The van der Waals surface area contributed by atoms with Gasteiger partial charge in [-0.1, -0.05) is 25.0 Å². The maximum absolute atomic E-state index is 12.4. The molecular weight excluding hydrogens is 356 g/mol. The van der Waals surface area contributed by atoms with Gasteiger partial charge in [0.25, 0.3) is 5.91 Å². The van der Waals surface area contributed by atoms with Crippen LogP contribution in [0, 0.1) is 41.4 Å². The number of nitrogens with one attached hydrogen (secondary N) is 3. The molecule has 1 aromatic carbocycles. The second-order valence-corrected chi connectivity index (χ2v) is 6.95. The molecule has 0 bridgehead atoms. The maximum atomic E-state index is 12.4. The number of para-hydroxylation sites is 1. The third-order valence-electron chi connectivity index (χ3n) is 5.14. The Balaban J connectivity index is 2.00. The first-order valence-electron chi connectivity index (χ1n) is 9.19. The van der Waals surface area contributed by atoms with Gasteiger partial charge in [0.1, 0.15) is 5.92 Å². The van der Waals surface area contributed by atoms with E-state index in [1.165, 1.54) is 0 Å². The first kappa shape index (κ1) is 21.0. The van der Waals surface area contributed by atoms with E-state index in [1.54, 1.807) is 24.3 Å². The lowest BCUT2D eigenvalue weighted by Gasteiger charge is -2.37. The highest BCUT2D eigenvalue weighted by molar-refractivity contribution is 6.03. The number of terminal acetylenes is 1. The van der Waals surface area contributed by atoms with Crippen molar-refractivity contribution in [2.45, 2.75) is 32.7 Å². The quantitative estimate of drug-likeness (QED) is 0.652. The number of nitrogens with zero attached hydrogens (tertiary/aromatic N) is 1. The van der Waals surface area contributed by atoms with E-state index in [9.17, 15) is 19.6 Å². The van der Waals surface area contributed by atoms with Crippen molar-refractivity contribution in [2.24, 2.45) is 17.8 Å². The molecule has 1 fully saturated rings. The van der Waals surface area contributed by atoms with Crippen LogP contribution in [0.4, 0.5) is 5.69 Å². The average Bonchev–Trinajstić information content (AvgIpc) is 2.66. The van der Waals surface area contributed by atoms with E-state index < -0.39 is 5.92 Å². The van der Waals surface area contributed by atoms with Gasteiger partial charge in [0.2, 0.25) is 11.8 Å². The molecule has 4 atom stereocenters. The molecule has 3 amide bonds. The Morgan fingerprint density at radius 3 is 2.68 bits per heavy atom. The van der Waals surface area contributed by atoms with E-state index in [0.717, 1.165) is 0 Å². The number of hydrogen-bond donors (Lipinski definition) is 3. The van der Waals surface area contributed by atoms with Gasteiger partial charge in [0.15, 0.2) is 0 Å². The van der Waals surface area contributed by atoms with Crippen LogP contribution in [0.15, 0.2) is 24.3 Å². The number of hydrogen-bond acceptors (Lipinski definition) is 4.